The Labute approximate surface area is 132 Å². The highest BCUT2D eigenvalue weighted by atomic mass is 16.5. The first-order valence-electron chi connectivity index (χ1n) is 7.56. The van der Waals surface area contributed by atoms with E-state index >= 15 is 0 Å². The molecular weight excluding hydrogens is 276 g/mol. The van der Waals surface area contributed by atoms with Crippen LogP contribution in [0.5, 0.6) is 0 Å². The van der Waals surface area contributed by atoms with Gasteiger partial charge < -0.3 is 14.6 Å². The lowest BCUT2D eigenvalue weighted by Crippen LogP contribution is -2.27. The molecule has 0 aliphatic rings. The standard InChI is InChI=1S/C18H24N2O2/c1-13-12-17(18(21)19-10-11-22-4)15(3)20(13)14(2)16-8-6-5-7-9-16/h5-9,12,14H,10-11H2,1-4H3,(H,19,21). The number of hydrogen-bond donors (Lipinski definition) is 1. The molecule has 118 valence electrons. The van der Waals surface area contributed by atoms with Gasteiger partial charge in [0.15, 0.2) is 0 Å². The van der Waals surface area contributed by atoms with Crippen molar-refractivity contribution in [2.75, 3.05) is 20.3 Å². The maximum atomic E-state index is 12.3. The van der Waals surface area contributed by atoms with E-state index in [-0.39, 0.29) is 11.9 Å². The van der Waals surface area contributed by atoms with Crippen LogP contribution in [0.25, 0.3) is 0 Å². The van der Waals surface area contributed by atoms with Crippen molar-refractivity contribution in [1.82, 2.24) is 9.88 Å². The molecule has 0 bridgehead atoms. The Bertz CT molecular complexity index is 632. The van der Waals surface area contributed by atoms with E-state index in [2.05, 4.69) is 28.9 Å². The number of nitrogens with one attached hydrogen (secondary N) is 1. The minimum Gasteiger partial charge on any atom is -0.383 e. The molecule has 0 fully saturated rings. The van der Waals surface area contributed by atoms with Crippen LogP contribution in [0.3, 0.4) is 0 Å². The van der Waals surface area contributed by atoms with Crippen molar-refractivity contribution in [3.05, 3.63) is 58.9 Å². The second-order valence-electron chi connectivity index (χ2n) is 5.49. The molecule has 0 saturated carbocycles. The number of aryl methyl sites for hydroxylation is 1. The van der Waals surface area contributed by atoms with Crippen molar-refractivity contribution in [3.8, 4) is 0 Å². The molecule has 1 aromatic heterocycles. The summed E-state index contributed by atoms with van der Waals surface area (Å²) in [5.74, 6) is -0.0448. The normalized spacial score (nSPS) is 12.2. The van der Waals surface area contributed by atoms with Crippen molar-refractivity contribution in [2.24, 2.45) is 0 Å². The van der Waals surface area contributed by atoms with Crippen LogP contribution < -0.4 is 5.32 Å². The maximum Gasteiger partial charge on any atom is 0.253 e. The Kier molecular flexibility index (Phi) is 5.39. The minimum atomic E-state index is -0.0448. The summed E-state index contributed by atoms with van der Waals surface area (Å²) in [6.45, 7) is 7.23. The van der Waals surface area contributed by atoms with Crippen LogP contribution in [0.2, 0.25) is 0 Å². The number of carbonyl (C=O) groups is 1. The highest BCUT2D eigenvalue weighted by Gasteiger charge is 2.19. The Hall–Kier alpha value is -2.07. The Morgan fingerprint density at radius 2 is 1.95 bits per heavy atom. The van der Waals surface area contributed by atoms with Gasteiger partial charge in [-0.1, -0.05) is 30.3 Å². The fourth-order valence-corrected chi connectivity index (χ4v) is 2.85. The summed E-state index contributed by atoms with van der Waals surface area (Å²) in [7, 11) is 1.62. The molecule has 1 N–H and O–H groups in total. The first-order chi connectivity index (χ1) is 10.6. The summed E-state index contributed by atoms with van der Waals surface area (Å²) in [6, 6.07) is 12.5. The number of ether oxygens (including phenoxy) is 1. The zero-order valence-corrected chi connectivity index (χ0v) is 13.7. The number of carbonyl (C=O) groups excluding carboxylic acids is 1. The number of amides is 1. The van der Waals surface area contributed by atoms with Crippen LogP contribution in [0.15, 0.2) is 36.4 Å². The molecule has 22 heavy (non-hydrogen) atoms. The van der Waals surface area contributed by atoms with E-state index < -0.39 is 0 Å². The van der Waals surface area contributed by atoms with Crippen LogP contribution in [0.4, 0.5) is 0 Å². The third-order valence-corrected chi connectivity index (χ3v) is 3.99. The molecule has 2 aromatic rings. The predicted molar refractivity (Wildman–Crippen MR) is 88.4 cm³/mol. The summed E-state index contributed by atoms with van der Waals surface area (Å²) in [4.78, 5) is 12.3. The number of aromatic nitrogens is 1. The maximum absolute atomic E-state index is 12.3. The van der Waals surface area contributed by atoms with Gasteiger partial charge in [-0.2, -0.15) is 0 Å². The molecule has 1 unspecified atom stereocenters. The van der Waals surface area contributed by atoms with E-state index in [0.29, 0.717) is 13.2 Å². The van der Waals surface area contributed by atoms with E-state index in [0.717, 1.165) is 17.0 Å². The molecule has 1 aromatic carbocycles. The zero-order valence-electron chi connectivity index (χ0n) is 13.7. The quantitative estimate of drug-likeness (QED) is 0.833. The number of nitrogens with zero attached hydrogens (tertiary/aromatic N) is 1. The van der Waals surface area contributed by atoms with Gasteiger partial charge in [0, 0.05) is 25.0 Å². The van der Waals surface area contributed by atoms with Gasteiger partial charge in [0.05, 0.1) is 18.2 Å². The van der Waals surface area contributed by atoms with Crippen LogP contribution in [0, 0.1) is 13.8 Å². The van der Waals surface area contributed by atoms with Crippen LogP contribution in [-0.4, -0.2) is 30.7 Å². The van der Waals surface area contributed by atoms with E-state index in [1.54, 1.807) is 7.11 Å². The smallest absolute Gasteiger partial charge is 0.253 e. The molecule has 4 heteroatoms. The molecule has 4 nitrogen and oxygen atoms in total. The Balaban J connectivity index is 2.25. The Morgan fingerprint density at radius 3 is 2.59 bits per heavy atom. The van der Waals surface area contributed by atoms with E-state index in [9.17, 15) is 4.79 Å². The van der Waals surface area contributed by atoms with Gasteiger partial charge in [0.2, 0.25) is 0 Å². The number of hydrogen-bond acceptors (Lipinski definition) is 2. The first kappa shape index (κ1) is 16.3. The van der Waals surface area contributed by atoms with E-state index in [4.69, 9.17) is 4.74 Å². The number of methoxy groups -OCH3 is 1. The summed E-state index contributed by atoms with van der Waals surface area (Å²) in [6.07, 6.45) is 0. The fraction of sp³-hybridized carbons (Fsp3) is 0.389. The van der Waals surface area contributed by atoms with Gasteiger partial charge >= 0.3 is 0 Å². The lowest BCUT2D eigenvalue weighted by Gasteiger charge is -2.19. The molecule has 0 spiro atoms. The van der Waals surface area contributed by atoms with E-state index in [1.165, 1.54) is 5.56 Å². The number of rotatable bonds is 6. The highest BCUT2D eigenvalue weighted by molar-refractivity contribution is 5.95. The third-order valence-electron chi connectivity index (χ3n) is 3.99. The van der Waals surface area contributed by atoms with Gasteiger partial charge in [-0.05, 0) is 32.4 Å². The summed E-state index contributed by atoms with van der Waals surface area (Å²) in [5, 5.41) is 2.88. The molecule has 1 atom stereocenters. The molecule has 2 rings (SSSR count). The van der Waals surface area contributed by atoms with E-state index in [1.807, 2.05) is 38.1 Å². The fourth-order valence-electron chi connectivity index (χ4n) is 2.85. The second-order valence-corrected chi connectivity index (χ2v) is 5.49. The predicted octanol–water partition coefficient (Wildman–Crippen LogP) is 3.09. The van der Waals surface area contributed by atoms with Gasteiger partial charge in [-0.15, -0.1) is 0 Å². The highest BCUT2D eigenvalue weighted by Crippen LogP contribution is 2.25. The van der Waals surface area contributed by atoms with Crippen molar-refractivity contribution < 1.29 is 9.53 Å². The van der Waals surface area contributed by atoms with Crippen molar-refractivity contribution >= 4 is 5.91 Å². The lowest BCUT2D eigenvalue weighted by molar-refractivity contribution is 0.0936. The van der Waals surface area contributed by atoms with Gasteiger partial charge in [-0.3, -0.25) is 4.79 Å². The molecular formula is C18H24N2O2. The summed E-state index contributed by atoms with van der Waals surface area (Å²) in [5.41, 5.74) is 4.04. The second kappa shape index (κ2) is 7.27. The monoisotopic (exact) mass is 300 g/mol. The molecule has 0 aliphatic heterocycles. The minimum absolute atomic E-state index is 0.0448. The SMILES string of the molecule is COCCNC(=O)c1cc(C)n(C(C)c2ccccc2)c1C. The van der Waals surface area contributed by atoms with Gasteiger partial charge in [0.25, 0.3) is 5.91 Å². The van der Waals surface area contributed by atoms with Crippen molar-refractivity contribution in [3.63, 3.8) is 0 Å². The first-order valence-corrected chi connectivity index (χ1v) is 7.56. The number of benzene rings is 1. The average molecular weight is 300 g/mol. The summed E-state index contributed by atoms with van der Waals surface area (Å²) < 4.78 is 7.17. The lowest BCUT2D eigenvalue weighted by atomic mass is 10.1. The average Bonchev–Trinajstić information content (AvgIpc) is 2.82. The van der Waals surface area contributed by atoms with Crippen molar-refractivity contribution in [1.29, 1.82) is 0 Å². The van der Waals surface area contributed by atoms with Crippen LogP contribution in [0.1, 0.15) is 40.3 Å². The van der Waals surface area contributed by atoms with Crippen LogP contribution in [-0.2, 0) is 4.74 Å². The zero-order chi connectivity index (χ0) is 16.1. The topological polar surface area (TPSA) is 43.3 Å². The molecule has 0 radical (unpaired) electrons. The summed E-state index contributed by atoms with van der Waals surface area (Å²) >= 11 is 0. The Morgan fingerprint density at radius 1 is 1.27 bits per heavy atom. The van der Waals surface area contributed by atoms with Gasteiger partial charge in [-0.25, -0.2) is 0 Å². The van der Waals surface area contributed by atoms with Gasteiger partial charge in [0.1, 0.15) is 0 Å². The molecule has 1 heterocycles. The van der Waals surface area contributed by atoms with Crippen molar-refractivity contribution in [2.45, 2.75) is 26.8 Å². The molecule has 1 amide bonds. The largest absolute Gasteiger partial charge is 0.383 e. The molecule has 0 aliphatic carbocycles. The third kappa shape index (κ3) is 3.39. The molecule has 0 saturated heterocycles. The van der Waals surface area contributed by atoms with Crippen LogP contribution >= 0.6 is 0 Å².